The smallest absolute Gasteiger partial charge is 0.235 e. The fraction of sp³-hybridized carbons (Fsp3) is 0.222. The number of alkyl halides is 1. The summed E-state index contributed by atoms with van der Waals surface area (Å²) in [7, 11) is 0. The van der Waals surface area contributed by atoms with Crippen LogP contribution in [0.4, 0.5) is 5.69 Å². The van der Waals surface area contributed by atoms with Crippen molar-refractivity contribution in [3.63, 3.8) is 0 Å². The van der Waals surface area contributed by atoms with Crippen LogP contribution in [-0.4, -0.2) is 16.3 Å². The maximum Gasteiger partial charge on any atom is 0.235 e. The number of aromatic hydroxyl groups is 1. The second-order valence-corrected chi connectivity index (χ2v) is 3.26. The third-order valence-electron chi connectivity index (χ3n) is 1.55. The zero-order valence-corrected chi connectivity index (χ0v) is 8.76. The molecule has 0 aliphatic rings. The predicted octanol–water partition coefficient (Wildman–Crippen LogP) is 2.03. The Bertz CT molecular complexity index is 325. The minimum atomic E-state index is -0.180. The van der Waals surface area contributed by atoms with E-state index in [0.717, 1.165) is 5.56 Å². The van der Waals surface area contributed by atoms with E-state index in [9.17, 15) is 9.90 Å². The van der Waals surface area contributed by atoms with Crippen molar-refractivity contribution in [2.75, 3.05) is 10.6 Å². The molecule has 0 aliphatic carbocycles. The van der Waals surface area contributed by atoms with Crippen LogP contribution in [0.3, 0.4) is 0 Å². The van der Waals surface area contributed by atoms with E-state index in [4.69, 9.17) is 0 Å². The van der Waals surface area contributed by atoms with Gasteiger partial charge >= 0.3 is 0 Å². The van der Waals surface area contributed by atoms with Crippen molar-refractivity contribution in [1.82, 2.24) is 0 Å². The maximum atomic E-state index is 11.0. The van der Waals surface area contributed by atoms with Crippen molar-refractivity contribution in [2.24, 2.45) is 0 Å². The number of phenolic OH excluding ortho intramolecular Hbond substituents is 1. The first-order chi connectivity index (χ1) is 6.13. The number of carbonyl (C=O) groups excluding carboxylic acids is 1. The molecule has 0 fully saturated rings. The molecular formula is C9H10BrNO2. The minimum Gasteiger partial charge on any atom is -0.506 e. The Kier molecular flexibility index (Phi) is 3.31. The summed E-state index contributed by atoms with van der Waals surface area (Å²) in [6.45, 7) is 1.89. The first kappa shape index (κ1) is 10.1. The Balaban J connectivity index is 2.87. The fourth-order valence-corrected chi connectivity index (χ4v) is 1.07. The van der Waals surface area contributed by atoms with Crippen molar-refractivity contribution >= 4 is 27.5 Å². The van der Waals surface area contributed by atoms with E-state index in [1.165, 1.54) is 0 Å². The van der Waals surface area contributed by atoms with Crippen LogP contribution in [0.25, 0.3) is 0 Å². The second-order valence-electron chi connectivity index (χ2n) is 2.70. The maximum absolute atomic E-state index is 11.0. The molecule has 0 atom stereocenters. The topological polar surface area (TPSA) is 49.3 Å². The molecule has 1 rings (SSSR count). The van der Waals surface area contributed by atoms with Gasteiger partial charge in [0.15, 0.2) is 0 Å². The Morgan fingerprint density at radius 2 is 2.31 bits per heavy atom. The Hall–Kier alpha value is -1.03. The predicted molar refractivity (Wildman–Crippen MR) is 55.3 cm³/mol. The van der Waals surface area contributed by atoms with Gasteiger partial charge < -0.3 is 10.4 Å². The molecule has 0 bridgehead atoms. The van der Waals surface area contributed by atoms with Gasteiger partial charge in [0.1, 0.15) is 5.75 Å². The summed E-state index contributed by atoms with van der Waals surface area (Å²) in [6.07, 6.45) is 0. The Morgan fingerprint density at radius 1 is 1.62 bits per heavy atom. The molecule has 4 heteroatoms. The summed E-state index contributed by atoms with van der Waals surface area (Å²) in [5.41, 5.74) is 1.44. The lowest BCUT2D eigenvalue weighted by Gasteiger charge is -2.06. The van der Waals surface area contributed by atoms with Gasteiger partial charge in [-0.25, -0.2) is 0 Å². The highest BCUT2D eigenvalue weighted by molar-refractivity contribution is 9.09. The van der Waals surface area contributed by atoms with Gasteiger partial charge in [0.25, 0.3) is 0 Å². The molecule has 1 aromatic rings. The van der Waals surface area contributed by atoms with Crippen molar-refractivity contribution in [3.8, 4) is 5.75 Å². The van der Waals surface area contributed by atoms with Crippen LogP contribution in [0.5, 0.6) is 5.75 Å². The molecule has 0 aliphatic heterocycles. The van der Waals surface area contributed by atoms with Crippen molar-refractivity contribution in [2.45, 2.75) is 6.92 Å². The van der Waals surface area contributed by atoms with Gasteiger partial charge in [-0.1, -0.05) is 22.0 Å². The molecular weight excluding hydrogens is 234 g/mol. The number of aryl methyl sites for hydroxylation is 1. The third-order valence-corrected chi connectivity index (χ3v) is 2.06. The molecule has 0 unspecified atom stereocenters. The number of hydrogen-bond donors (Lipinski definition) is 2. The molecule has 0 saturated carbocycles. The number of halogens is 1. The summed E-state index contributed by atoms with van der Waals surface area (Å²) in [5.74, 6) is -0.0965. The Labute approximate surface area is 84.9 Å². The molecule has 0 spiro atoms. The number of hydrogen-bond acceptors (Lipinski definition) is 2. The number of benzene rings is 1. The summed E-state index contributed by atoms with van der Waals surface area (Å²) in [6, 6.07) is 5.05. The average molecular weight is 244 g/mol. The lowest BCUT2D eigenvalue weighted by atomic mass is 10.2. The van der Waals surface area contributed by atoms with E-state index in [1.807, 2.05) is 6.92 Å². The molecule has 0 heterocycles. The van der Waals surface area contributed by atoms with Crippen molar-refractivity contribution < 1.29 is 9.90 Å². The van der Waals surface area contributed by atoms with Crippen molar-refractivity contribution in [1.29, 1.82) is 0 Å². The van der Waals surface area contributed by atoms with Gasteiger partial charge in [-0.3, -0.25) is 4.79 Å². The SMILES string of the molecule is Cc1ccc(O)c(NC(=O)CBr)c1. The van der Waals surface area contributed by atoms with E-state index in [1.54, 1.807) is 18.2 Å². The highest BCUT2D eigenvalue weighted by Crippen LogP contribution is 2.23. The van der Waals surface area contributed by atoms with Crippen LogP contribution >= 0.6 is 15.9 Å². The molecule has 13 heavy (non-hydrogen) atoms. The van der Waals surface area contributed by atoms with Gasteiger partial charge in [-0.15, -0.1) is 0 Å². The number of carbonyl (C=O) groups is 1. The number of anilines is 1. The molecule has 0 saturated heterocycles. The second kappa shape index (κ2) is 4.28. The van der Waals surface area contributed by atoms with Crippen LogP contribution in [0.2, 0.25) is 0 Å². The molecule has 70 valence electrons. The van der Waals surface area contributed by atoms with Crippen LogP contribution in [0.15, 0.2) is 18.2 Å². The van der Waals surface area contributed by atoms with E-state index >= 15 is 0 Å². The van der Waals surface area contributed by atoms with Gasteiger partial charge in [0, 0.05) is 0 Å². The highest BCUT2D eigenvalue weighted by atomic mass is 79.9. The van der Waals surface area contributed by atoms with E-state index in [-0.39, 0.29) is 17.0 Å². The molecule has 0 aromatic heterocycles. The molecule has 1 amide bonds. The van der Waals surface area contributed by atoms with Gasteiger partial charge in [-0.05, 0) is 24.6 Å². The lowest BCUT2D eigenvalue weighted by Crippen LogP contribution is -2.12. The molecule has 0 radical (unpaired) electrons. The largest absolute Gasteiger partial charge is 0.506 e. The number of amides is 1. The monoisotopic (exact) mass is 243 g/mol. The van der Waals surface area contributed by atoms with Crippen LogP contribution < -0.4 is 5.32 Å². The van der Waals surface area contributed by atoms with Crippen LogP contribution in [0.1, 0.15) is 5.56 Å². The van der Waals surface area contributed by atoms with Gasteiger partial charge in [-0.2, -0.15) is 0 Å². The van der Waals surface area contributed by atoms with E-state index < -0.39 is 0 Å². The average Bonchev–Trinajstić information content (AvgIpc) is 2.11. The number of nitrogens with one attached hydrogen (secondary N) is 1. The zero-order chi connectivity index (χ0) is 9.84. The summed E-state index contributed by atoms with van der Waals surface area (Å²) < 4.78 is 0. The fourth-order valence-electron chi connectivity index (χ4n) is 0.934. The quantitative estimate of drug-likeness (QED) is 0.617. The summed E-state index contributed by atoms with van der Waals surface area (Å²) >= 11 is 3.02. The van der Waals surface area contributed by atoms with E-state index in [0.29, 0.717) is 5.69 Å². The number of phenols is 1. The molecule has 3 nitrogen and oxygen atoms in total. The lowest BCUT2D eigenvalue weighted by molar-refractivity contribution is -0.113. The number of rotatable bonds is 2. The van der Waals surface area contributed by atoms with Crippen LogP contribution in [0, 0.1) is 6.92 Å². The molecule has 2 N–H and O–H groups in total. The Morgan fingerprint density at radius 3 is 2.92 bits per heavy atom. The minimum absolute atomic E-state index is 0.0832. The zero-order valence-electron chi connectivity index (χ0n) is 7.17. The normalized spacial score (nSPS) is 9.69. The summed E-state index contributed by atoms with van der Waals surface area (Å²) in [4.78, 5) is 11.0. The van der Waals surface area contributed by atoms with Gasteiger partial charge in [0.2, 0.25) is 5.91 Å². The standard InChI is InChI=1S/C9H10BrNO2/c1-6-2-3-8(12)7(4-6)11-9(13)5-10/h2-4,12H,5H2,1H3,(H,11,13). The van der Waals surface area contributed by atoms with Crippen molar-refractivity contribution in [3.05, 3.63) is 23.8 Å². The van der Waals surface area contributed by atoms with E-state index in [2.05, 4.69) is 21.2 Å². The van der Waals surface area contributed by atoms with Crippen LogP contribution in [-0.2, 0) is 4.79 Å². The van der Waals surface area contributed by atoms with Gasteiger partial charge in [0.05, 0.1) is 11.0 Å². The highest BCUT2D eigenvalue weighted by Gasteiger charge is 2.04. The first-order valence-electron chi connectivity index (χ1n) is 3.79. The molecule has 1 aromatic carbocycles. The summed E-state index contributed by atoms with van der Waals surface area (Å²) in [5, 5.41) is 12.1. The third kappa shape index (κ3) is 2.73. The first-order valence-corrected chi connectivity index (χ1v) is 4.91.